The standard InChI is InChI=1S/C28H25N3O5/c1-17(32)31-28(26-24(34-3)14-19(33-2)15-25(26)35-4)36-27(30-31)21-16-23(18-10-6-5-7-11-18)29-22-13-9-8-12-20(21)22/h5-16,28H,1-4H3/t28-/m0/s1. The normalized spacial score (nSPS) is 14.8. The third-order valence-corrected chi connectivity index (χ3v) is 5.98. The first kappa shape index (κ1) is 23.2. The SMILES string of the molecule is COc1cc(OC)c([C@@H]2OC(c3cc(-c4ccccc4)nc4ccccc34)=NN2C(C)=O)c(OC)c1. The highest BCUT2D eigenvalue weighted by atomic mass is 16.5. The van der Waals surface area contributed by atoms with Crippen LogP contribution in [-0.4, -0.2) is 43.1 Å². The van der Waals surface area contributed by atoms with Crippen molar-refractivity contribution in [3.05, 3.63) is 83.9 Å². The molecule has 8 heteroatoms. The molecule has 0 fully saturated rings. The van der Waals surface area contributed by atoms with Crippen LogP contribution in [0, 0.1) is 0 Å². The van der Waals surface area contributed by atoms with Crippen LogP contribution in [-0.2, 0) is 9.53 Å². The number of methoxy groups -OCH3 is 3. The summed E-state index contributed by atoms with van der Waals surface area (Å²) in [4.78, 5) is 17.5. The third kappa shape index (κ3) is 4.07. The summed E-state index contributed by atoms with van der Waals surface area (Å²) in [5, 5.41) is 6.75. The Kier molecular flexibility index (Phi) is 6.16. The van der Waals surface area contributed by atoms with Crippen molar-refractivity contribution in [1.29, 1.82) is 0 Å². The summed E-state index contributed by atoms with van der Waals surface area (Å²) in [6.45, 7) is 1.44. The fourth-order valence-corrected chi connectivity index (χ4v) is 4.25. The fraction of sp³-hybridized carbons (Fsp3) is 0.179. The van der Waals surface area contributed by atoms with Gasteiger partial charge in [0.25, 0.3) is 0 Å². The lowest BCUT2D eigenvalue weighted by Crippen LogP contribution is -2.26. The Morgan fingerprint density at radius 3 is 2.19 bits per heavy atom. The minimum atomic E-state index is -0.902. The first-order valence-electron chi connectivity index (χ1n) is 11.3. The lowest BCUT2D eigenvalue weighted by atomic mass is 10.0. The number of ether oxygens (including phenoxy) is 4. The highest BCUT2D eigenvalue weighted by molar-refractivity contribution is 6.08. The number of hydrazone groups is 1. The predicted molar refractivity (Wildman–Crippen MR) is 136 cm³/mol. The summed E-state index contributed by atoms with van der Waals surface area (Å²) in [6, 6.07) is 23.0. The Morgan fingerprint density at radius 2 is 1.56 bits per heavy atom. The summed E-state index contributed by atoms with van der Waals surface area (Å²) in [5.74, 6) is 1.45. The van der Waals surface area contributed by atoms with Crippen molar-refractivity contribution in [3.8, 4) is 28.5 Å². The van der Waals surface area contributed by atoms with E-state index >= 15 is 0 Å². The molecular weight excluding hydrogens is 458 g/mol. The maximum atomic E-state index is 12.7. The maximum Gasteiger partial charge on any atom is 0.243 e. The zero-order valence-electron chi connectivity index (χ0n) is 20.4. The van der Waals surface area contributed by atoms with E-state index in [-0.39, 0.29) is 5.91 Å². The average molecular weight is 484 g/mol. The van der Waals surface area contributed by atoms with E-state index in [9.17, 15) is 4.79 Å². The summed E-state index contributed by atoms with van der Waals surface area (Å²) in [7, 11) is 4.63. The molecule has 1 aliphatic heterocycles. The summed E-state index contributed by atoms with van der Waals surface area (Å²) in [6.07, 6.45) is -0.902. The number of para-hydroxylation sites is 1. The Labute approximate surface area is 208 Å². The van der Waals surface area contributed by atoms with Gasteiger partial charge in [0.2, 0.25) is 18.0 Å². The van der Waals surface area contributed by atoms with E-state index in [1.165, 1.54) is 26.2 Å². The van der Waals surface area contributed by atoms with Crippen LogP contribution < -0.4 is 14.2 Å². The van der Waals surface area contributed by atoms with E-state index in [0.29, 0.717) is 28.7 Å². The second-order valence-corrected chi connectivity index (χ2v) is 8.12. The van der Waals surface area contributed by atoms with Gasteiger partial charge in [-0.05, 0) is 12.1 Å². The topological polar surface area (TPSA) is 82.5 Å². The minimum Gasteiger partial charge on any atom is -0.496 e. The third-order valence-electron chi connectivity index (χ3n) is 5.98. The Hall–Kier alpha value is -4.59. The van der Waals surface area contributed by atoms with Crippen LogP contribution >= 0.6 is 0 Å². The molecule has 1 aromatic heterocycles. The largest absolute Gasteiger partial charge is 0.496 e. The highest BCUT2D eigenvalue weighted by Crippen LogP contribution is 2.44. The molecule has 8 nitrogen and oxygen atoms in total. The average Bonchev–Trinajstić information content (AvgIpc) is 3.37. The Balaban J connectivity index is 1.66. The van der Waals surface area contributed by atoms with Crippen molar-refractivity contribution in [1.82, 2.24) is 9.99 Å². The number of amides is 1. The zero-order valence-corrected chi connectivity index (χ0v) is 20.4. The number of carbonyl (C=O) groups is 1. The van der Waals surface area contributed by atoms with E-state index < -0.39 is 6.23 Å². The summed E-state index contributed by atoms with van der Waals surface area (Å²) >= 11 is 0. The van der Waals surface area contributed by atoms with Crippen LogP contribution in [0.2, 0.25) is 0 Å². The number of pyridine rings is 1. The molecule has 0 radical (unpaired) electrons. The number of rotatable bonds is 6. The number of benzene rings is 3. The van der Waals surface area contributed by atoms with E-state index in [2.05, 4.69) is 5.10 Å². The van der Waals surface area contributed by atoms with Crippen molar-refractivity contribution < 1.29 is 23.7 Å². The Morgan fingerprint density at radius 1 is 0.889 bits per heavy atom. The van der Waals surface area contributed by atoms with Gasteiger partial charge in [0, 0.05) is 35.6 Å². The number of carbonyl (C=O) groups excluding carboxylic acids is 1. The van der Waals surface area contributed by atoms with Gasteiger partial charge in [-0.3, -0.25) is 4.79 Å². The van der Waals surface area contributed by atoms with E-state index in [4.69, 9.17) is 23.9 Å². The van der Waals surface area contributed by atoms with Crippen molar-refractivity contribution >= 4 is 22.7 Å². The maximum absolute atomic E-state index is 12.7. The van der Waals surface area contributed by atoms with Gasteiger partial charge >= 0.3 is 0 Å². The molecule has 2 heterocycles. The lowest BCUT2D eigenvalue weighted by Gasteiger charge is -2.23. The number of hydrogen-bond acceptors (Lipinski definition) is 7. The molecule has 0 saturated heterocycles. The van der Waals surface area contributed by atoms with Gasteiger partial charge in [-0.15, -0.1) is 5.10 Å². The van der Waals surface area contributed by atoms with Crippen LogP contribution in [0.15, 0.2) is 77.9 Å². The number of fused-ring (bicyclic) bond motifs is 1. The lowest BCUT2D eigenvalue weighted by molar-refractivity contribution is -0.135. The highest BCUT2D eigenvalue weighted by Gasteiger charge is 2.38. The molecule has 0 aliphatic carbocycles. The van der Waals surface area contributed by atoms with Crippen molar-refractivity contribution in [2.24, 2.45) is 5.10 Å². The van der Waals surface area contributed by atoms with Gasteiger partial charge in [-0.1, -0.05) is 48.5 Å². The van der Waals surface area contributed by atoms with Crippen LogP contribution in [0.3, 0.4) is 0 Å². The number of nitrogens with zero attached hydrogens (tertiary/aromatic N) is 3. The van der Waals surface area contributed by atoms with Gasteiger partial charge in [0.15, 0.2) is 0 Å². The monoisotopic (exact) mass is 483 g/mol. The van der Waals surface area contributed by atoms with Crippen LogP contribution in [0.5, 0.6) is 17.2 Å². The quantitative estimate of drug-likeness (QED) is 0.377. The van der Waals surface area contributed by atoms with Gasteiger partial charge < -0.3 is 18.9 Å². The van der Waals surface area contributed by atoms with Crippen LogP contribution in [0.4, 0.5) is 0 Å². The number of hydrogen-bond donors (Lipinski definition) is 0. The molecule has 1 amide bonds. The molecule has 0 saturated carbocycles. The van der Waals surface area contributed by atoms with E-state index in [1.54, 1.807) is 19.2 Å². The molecule has 1 atom stereocenters. The molecule has 5 rings (SSSR count). The molecule has 3 aromatic carbocycles. The zero-order chi connectivity index (χ0) is 25.2. The second kappa shape index (κ2) is 9.58. The van der Waals surface area contributed by atoms with Gasteiger partial charge in [-0.2, -0.15) is 5.01 Å². The molecule has 36 heavy (non-hydrogen) atoms. The molecule has 1 aliphatic rings. The van der Waals surface area contributed by atoms with Crippen molar-refractivity contribution in [3.63, 3.8) is 0 Å². The smallest absolute Gasteiger partial charge is 0.243 e. The molecule has 0 N–H and O–H groups in total. The van der Waals surface area contributed by atoms with Crippen molar-refractivity contribution in [2.75, 3.05) is 21.3 Å². The molecular formula is C28H25N3O5. The summed E-state index contributed by atoms with van der Waals surface area (Å²) < 4.78 is 23.0. The number of aromatic nitrogens is 1. The van der Waals surface area contributed by atoms with E-state index in [1.807, 2.05) is 60.7 Å². The van der Waals surface area contributed by atoms with Gasteiger partial charge in [-0.25, -0.2) is 4.98 Å². The predicted octanol–water partition coefficient (Wildman–Crippen LogP) is 5.17. The van der Waals surface area contributed by atoms with E-state index in [0.717, 1.165) is 27.7 Å². The van der Waals surface area contributed by atoms with Gasteiger partial charge in [0.05, 0.1) is 38.1 Å². The van der Waals surface area contributed by atoms with Gasteiger partial charge in [0.1, 0.15) is 17.2 Å². The second-order valence-electron chi connectivity index (χ2n) is 8.12. The first-order chi connectivity index (χ1) is 17.5. The molecule has 4 aromatic rings. The Bertz CT molecular complexity index is 1440. The molecule has 0 unspecified atom stereocenters. The fourth-order valence-electron chi connectivity index (χ4n) is 4.25. The molecule has 182 valence electrons. The van der Waals surface area contributed by atoms with Crippen LogP contribution in [0.1, 0.15) is 24.3 Å². The van der Waals surface area contributed by atoms with Crippen LogP contribution in [0.25, 0.3) is 22.2 Å². The first-order valence-corrected chi connectivity index (χ1v) is 11.3. The van der Waals surface area contributed by atoms with Crippen molar-refractivity contribution in [2.45, 2.75) is 13.2 Å². The minimum absolute atomic E-state index is 0.295. The molecule has 0 bridgehead atoms. The molecule has 0 spiro atoms. The summed E-state index contributed by atoms with van der Waals surface area (Å²) in [5.41, 5.74) is 3.77.